The van der Waals surface area contributed by atoms with Gasteiger partial charge in [0.2, 0.25) is 15.9 Å². The highest BCUT2D eigenvalue weighted by molar-refractivity contribution is 7.88. The van der Waals surface area contributed by atoms with E-state index < -0.39 is 15.6 Å². The first kappa shape index (κ1) is 16.7. The van der Waals surface area contributed by atoms with Crippen LogP contribution in [0.4, 0.5) is 0 Å². The molecule has 2 fully saturated rings. The Balaban J connectivity index is 2.05. The van der Waals surface area contributed by atoms with Crippen molar-refractivity contribution in [3.8, 4) is 0 Å². The Morgan fingerprint density at radius 2 is 2.10 bits per heavy atom. The number of amides is 1. The van der Waals surface area contributed by atoms with Crippen LogP contribution < -0.4 is 10.0 Å². The Bertz CT molecular complexity index is 472. The number of carbonyl (C=O) groups is 1. The first-order valence-corrected chi connectivity index (χ1v) is 9.72. The Morgan fingerprint density at radius 3 is 2.71 bits per heavy atom. The quantitative estimate of drug-likeness (QED) is 0.789. The lowest BCUT2D eigenvalue weighted by Gasteiger charge is -2.43. The SMILES string of the molecule is CC1(C(=O)N2CCCCC2CNS(C)(=O)=O)CCCCN1. The molecule has 2 atom stereocenters. The summed E-state index contributed by atoms with van der Waals surface area (Å²) < 4.78 is 25.1. The maximum Gasteiger partial charge on any atom is 0.242 e. The zero-order valence-corrected chi connectivity index (χ0v) is 13.8. The van der Waals surface area contributed by atoms with Crippen molar-refractivity contribution >= 4 is 15.9 Å². The molecule has 0 aromatic rings. The van der Waals surface area contributed by atoms with Gasteiger partial charge in [-0.1, -0.05) is 0 Å². The van der Waals surface area contributed by atoms with Gasteiger partial charge in [0.05, 0.1) is 11.8 Å². The number of carbonyl (C=O) groups excluding carboxylic acids is 1. The zero-order chi connectivity index (χ0) is 15.5. The number of sulfonamides is 1. The summed E-state index contributed by atoms with van der Waals surface area (Å²) >= 11 is 0. The van der Waals surface area contributed by atoms with Crippen LogP contribution in [0, 0.1) is 0 Å². The van der Waals surface area contributed by atoms with Crippen molar-refractivity contribution in [2.24, 2.45) is 0 Å². The van der Waals surface area contributed by atoms with E-state index in [4.69, 9.17) is 0 Å². The van der Waals surface area contributed by atoms with Gasteiger partial charge < -0.3 is 10.2 Å². The topological polar surface area (TPSA) is 78.5 Å². The average molecular weight is 317 g/mol. The normalized spacial score (nSPS) is 31.1. The molecule has 0 radical (unpaired) electrons. The van der Waals surface area contributed by atoms with Crippen LogP contribution in [0.1, 0.15) is 45.4 Å². The number of nitrogens with zero attached hydrogens (tertiary/aromatic N) is 1. The molecule has 2 N–H and O–H groups in total. The molecule has 0 bridgehead atoms. The summed E-state index contributed by atoms with van der Waals surface area (Å²) in [6, 6.07) is -0.0264. The van der Waals surface area contributed by atoms with Crippen LogP contribution in [0.3, 0.4) is 0 Å². The van der Waals surface area contributed by atoms with Crippen molar-refractivity contribution in [1.29, 1.82) is 0 Å². The van der Waals surface area contributed by atoms with E-state index in [2.05, 4.69) is 10.0 Å². The Kier molecular flexibility index (Phi) is 5.27. The standard InChI is InChI=1S/C14H27N3O3S/c1-14(8-4-5-9-15-14)13(18)17-10-6-3-7-12(17)11-16-21(2,19)20/h12,15-16H,3-11H2,1-2H3. The molecular formula is C14H27N3O3S. The van der Waals surface area contributed by atoms with Crippen molar-refractivity contribution in [1.82, 2.24) is 14.9 Å². The molecule has 21 heavy (non-hydrogen) atoms. The van der Waals surface area contributed by atoms with E-state index in [9.17, 15) is 13.2 Å². The third-order valence-corrected chi connectivity index (χ3v) is 5.25. The van der Waals surface area contributed by atoms with Gasteiger partial charge in [-0.05, 0) is 52.0 Å². The van der Waals surface area contributed by atoms with E-state index in [1.807, 2.05) is 11.8 Å². The minimum atomic E-state index is -3.22. The molecule has 6 nitrogen and oxygen atoms in total. The van der Waals surface area contributed by atoms with Gasteiger partial charge in [-0.3, -0.25) is 4.79 Å². The predicted molar refractivity (Wildman–Crippen MR) is 82.5 cm³/mol. The summed E-state index contributed by atoms with van der Waals surface area (Å²) in [6.07, 6.45) is 7.10. The second kappa shape index (κ2) is 6.62. The van der Waals surface area contributed by atoms with E-state index in [0.29, 0.717) is 6.54 Å². The highest BCUT2D eigenvalue weighted by Crippen LogP contribution is 2.25. The second-order valence-electron chi connectivity index (χ2n) is 6.48. The summed E-state index contributed by atoms with van der Waals surface area (Å²) in [5, 5.41) is 3.36. The molecule has 1 amide bonds. The van der Waals surface area contributed by atoms with Gasteiger partial charge in [-0.2, -0.15) is 0 Å². The van der Waals surface area contributed by atoms with E-state index in [1.165, 1.54) is 0 Å². The maximum atomic E-state index is 12.9. The number of hydrogen-bond donors (Lipinski definition) is 2. The zero-order valence-electron chi connectivity index (χ0n) is 13.0. The van der Waals surface area contributed by atoms with Crippen molar-refractivity contribution in [2.45, 2.75) is 57.0 Å². The molecule has 2 unspecified atom stereocenters. The van der Waals surface area contributed by atoms with Gasteiger partial charge in [0.25, 0.3) is 0 Å². The van der Waals surface area contributed by atoms with E-state index in [1.54, 1.807) is 0 Å². The molecule has 0 spiro atoms. The molecule has 2 aliphatic heterocycles. The smallest absolute Gasteiger partial charge is 0.242 e. The predicted octanol–water partition coefficient (Wildman–Crippen LogP) is 0.449. The molecule has 2 rings (SSSR count). The first-order valence-electron chi connectivity index (χ1n) is 7.83. The Hall–Kier alpha value is -0.660. The number of piperidine rings is 2. The maximum absolute atomic E-state index is 12.9. The second-order valence-corrected chi connectivity index (χ2v) is 8.32. The lowest BCUT2D eigenvalue weighted by molar-refractivity contribution is -0.142. The van der Waals surface area contributed by atoms with Gasteiger partial charge in [0.15, 0.2) is 0 Å². The van der Waals surface area contributed by atoms with Crippen molar-refractivity contribution < 1.29 is 13.2 Å². The largest absolute Gasteiger partial charge is 0.337 e. The van der Waals surface area contributed by atoms with Crippen LogP contribution in [0.2, 0.25) is 0 Å². The molecule has 7 heteroatoms. The summed E-state index contributed by atoms with van der Waals surface area (Å²) in [6.45, 7) is 3.90. The minimum Gasteiger partial charge on any atom is -0.337 e. The lowest BCUT2D eigenvalue weighted by atomic mass is 9.88. The van der Waals surface area contributed by atoms with Crippen molar-refractivity contribution in [2.75, 3.05) is 25.9 Å². The minimum absolute atomic E-state index is 0.0264. The van der Waals surface area contributed by atoms with Gasteiger partial charge in [0.1, 0.15) is 0 Å². The first-order chi connectivity index (χ1) is 9.82. The van der Waals surface area contributed by atoms with Gasteiger partial charge >= 0.3 is 0 Å². The van der Waals surface area contributed by atoms with Crippen molar-refractivity contribution in [3.05, 3.63) is 0 Å². The molecule has 0 saturated carbocycles. The van der Waals surface area contributed by atoms with Gasteiger partial charge in [-0.15, -0.1) is 0 Å². The molecule has 122 valence electrons. The van der Waals surface area contributed by atoms with Gasteiger partial charge in [0, 0.05) is 19.1 Å². The van der Waals surface area contributed by atoms with Crippen LogP contribution in [0.25, 0.3) is 0 Å². The molecule has 2 heterocycles. The van der Waals surface area contributed by atoms with E-state index in [0.717, 1.165) is 57.9 Å². The lowest BCUT2D eigenvalue weighted by Crippen LogP contribution is -2.62. The molecule has 2 aliphatic rings. The summed E-state index contributed by atoms with van der Waals surface area (Å²) in [7, 11) is -3.22. The van der Waals surface area contributed by atoms with Crippen LogP contribution in [-0.4, -0.2) is 56.7 Å². The van der Waals surface area contributed by atoms with Crippen LogP contribution in [0.15, 0.2) is 0 Å². The summed E-state index contributed by atoms with van der Waals surface area (Å²) in [5.41, 5.74) is -0.487. The fourth-order valence-electron chi connectivity index (χ4n) is 3.28. The molecule has 0 aliphatic carbocycles. The molecule has 0 aromatic carbocycles. The fourth-order valence-corrected chi connectivity index (χ4v) is 3.78. The van der Waals surface area contributed by atoms with Crippen molar-refractivity contribution in [3.63, 3.8) is 0 Å². The molecule has 0 aromatic heterocycles. The highest BCUT2D eigenvalue weighted by Gasteiger charge is 2.40. The van der Waals surface area contributed by atoms with E-state index in [-0.39, 0.29) is 11.9 Å². The number of likely N-dealkylation sites (tertiary alicyclic amines) is 1. The number of hydrogen-bond acceptors (Lipinski definition) is 4. The van der Waals surface area contributed by atoms with Gasteiger partial charge in [-0.25, -0.2) is 13.1 Å². The third kappa shape index (κ3) is 4.40. The Labute approximate surface area is 127 Å². The molecule has 2 saturated heterocycles. The van der Waals surface area contributed by atoms with Crippen LogP contribution in [0.5, 0.6) is 0 Å². The number of nitrogens with one attached hydrogen (secondary N) is 2. The van der Waals surface area contributed by atoms with E-state index >= 15 is 0 Å². The van der Waals surface area contributed by atoms with Crippen LogP contribution in [-0.2, 0) is 14.8 Å². The highest BCUT2D eigenvalue weighted by atomic mass is 32.2. The number of rotatable bonds is 4. The van der Waals surface area contributed by atoms with Crippen LogP contribution >= 0.6 is 0 Å². The fraction of sp³-hybridized carbons (Fsp3) is 0.929. The molecular weight excluding hydrogens is 290 g/mol. The third-order valence-electron chi connectivity index (χ3n) is 4.56. The monoisotopic (exact) mass is 317 g/mol. The summed E-state index contributed by atoms with van der Waals surface area (Å²) in [4.78, 5) is 14.8. The Morgan fingerprint density at radius 1 is 1.33 bits per heavy atom. The average Bonchev–Trinajstić information content (AvgIpc) is 2.45. The summed E-state index contributed by atoms with van der Waals surface area (Å²) in [5.74, 6) is 0.127.